The van der Waals surface area contributed by atoms with Gasteiger partial charge in [0.25, 0.3) is 0 Å². The van der Waals surface area contributed by atoms with E-state index in [-0.39, 0.29) is 25.0 Å². The van der Waals surface area contributed by atoms with Crippen LogP contribution in [0, 0.1) is 24.7 Å². The summed E-state index contributed by atoms with van der Waals surface area (Å²) >= 11 is 6.45. The summed E-state index contributed by atoms with van der Waals surface area (Å²) in [4.78, 5) is 43.4. The summed E-state index contributed by atoms with van der Waals surface area (Å²) in [6.07, 6.45) is 0.743. The van der Waals surface area contributed by atoms with E-state index in [1.807, 2.05) is 57.2 Å². The quantitative estimate of drug-likeness (QED) is 0.481. The lowest BCUT2D eigenvalue weighted by Gasteiger charge is -2.37. The maximum Gasteiger partial charge on any atom is 0.312 e. The molecule has 0 saturated carbocycles. The molecule has 9 heteroatoms. The Kier molecular flexibility index (Phi) is 7.24. The number of nitrogens with one attached hydrogen (secondary N) is 1. The smallest absolute Gasteiger partial charge is 0.312 e. The second-order valence-electron chi connectivity index (χ2n) is 11.1. The van der Waals surface area contributed by atoms with Gasteiger partial charge in [-0.15, -0.1) is 0 Å². The number of carbonyl (C=O) groups excluding carboxylic acids is 3. The van der Waals surface area contributed by atoms with E-state index in [0.29, 0.717) is 23.6 Å². The molecule has 2 amide bonds. The zero-order chi connectivity index (χ0) is 28.1. The fourth-order valence-electron chi connectivity index (χ4n) is 7.08. The number of rotatable bonds is 8. The maximum atomic E-state index is 14.4. The Morgan fingerprint density at radius 3 is 2.59 bits per heavy atom. The first-order chi connectivity index (χ1) is 18.6. The van der Waals surface area contributed by atoms with Crippen molar-refractivity contribution in [3.8, 4) is 0 Å². The largest absolute Gasteiger partial charge is 0.466 e. The van der Waals surface area contributed by atoms with Crippen molar-refractivity contribution in [2.24, 2.45) is 17.8 Å². The van der Waals surface area contributed by atoms with Crippen molar-refractivity contribution in [1.82, 2.24) is 4.90 Å². The fraction of sp³-hybridized carbons (Fsp3) is 0.500. The molecule has 39 heavy (non-hydrogen) atoms. The van der Waals surface area contributed by atoms with Gasteiger partial charge in [-0.2, -0.15) is 0 Å². The lowest BCUT2D eigenvalue weighted by molar-refractivity contribution is -0.161. The van der Waals surface area contributed by atoms with Crippen molar-refractivity contribution in [3.05, 3.63) is 64.7 Å². The summed E-state index contributed by atoms with van der Waals surface area (Å²) < 4.78 is 12.1. The van der Waals surface area contributed by atoms with Gasteiger partial charge in [-0.3, -0.25) is 14.4 Å². The molecule has 2 bridgehead atoms. The first kappa shape index (κ1) is 27.6. The number of aliphatic hydroxyl groups excluding tert-OH is 1. The highest BCUT2D eigenvalue weighted by Crippen LogP contribution is 2.65. The van der Waals surface area contributed by atoms with E-state index in [4.69, 9.17) is 21.1 Å². The molecule has 7 atom stereocenters. The third-order valence-electron chi connectivity index (χ3n) is 8.93. The molecule has 2 aromatic carbocycles. The Hall–Kier alpha value is -2.94. The van der Waals surface area contributed by atoms with Gasteiger partial charge >= 0.3 is 5.97 Å². The summed E-state index contributed by atoms with van der Waals surface area (Å²) in [7, 11) is 0. The van der Waals surface area contributed by atoms with Gasteiger partial charge < -0.3 is 24.8 Å². The number of nitrogens with zero attached hydrogens (tertiary/aromatic N) is 1. The van der Waals surface area contributed by atoms with E-state index in [1.54, 1.807) is 19.1 Å². The first-order valence-corrected chi connectivity index (χ1v) is 13.9. The monoisotopic (exact) mass is 554 g/mol. The molecule has 0 radical (unpaired) electrons. The Labute approximate surface area is 233 Å². The second kappa shape index (κ2) is 10.2. The zero-order valence-corrected chi connectivity index (χ0v) is 23.4. The zero-order valence-electron chi connectivity index (χ0n) is 22.6. The molecular formula is C30H35ClN2O6. The number of carbonyl (C=O) groups is 3. The molecule has 2 N–H and O–H groups in total. The number of hydrogen-bond acceptors (Lipinski definition) is 6. The predicted molar refractivity (Wildman–Crippen MR) is 146 cm³/mol. The third kappa shape index (κ3) is 4.24. The number of ether oxygens (including phenoxy) is 2. The number of fused-ring (bicyclic) bond motifs is 1. The molecule has 3 fully saturated rings. The van der Waals surface area contributed by atoms with Crippen LogP contribution in [0.2, 0.25) is 5.02 Å². The van der Waals surface area contributed by atoms with E-state index in [1.165, 1.54) is 4.90 Å². The Morgan fingerprint density at radius 2 is 1.95 bits per heavy atom. The summed E-state index contributed by atoms with van der Waals surface area (Å²) in [6, 6.07) is 13.0. The van der Waals surface area contributed by atoms with Crippen LogP contribution >= 0.6 is 11.6 Å². The molecule has 3 aliphatic heterocycles. The van der Waals surface area contributed by atoms with E-state index < -0.39 is 47.0 Å². The van der Waals surface area contributed by atoms with Crippen LogP contribution in [0.1, 0.15) is 38.3 Å². The number of halogens is 1. The standard InChI is InChI=1S/C30H35ClN2O6/c1-5-38-28(37)23-22-27(36)33(20(16-34)14-19-11-7-6-8-12-19)25(30(22)15-18(3)29(23,4)39-30)26(35)32-24-17(2)10-9-13-21(24)31/h6-13,18,20,22-23,25,34H,5,14-16H2,1-4H3,(H,32,35)/t18?,20-,22+,23-,25?,29+,30?/m1/s1. The molecular weight excluding hydrogens is 520 g/mol. The van der Waals surface area contributed by atoms with E-state index >= 15 is 0 Å². The van der Waals surface area contributed by atoms with Crippen LogP contribution in [-0.2, 0) is 30.3 Å². The average Bonchev–Trinajstić information content (AvgIpc) is 3.42. The third-order valence-corrected chi connectivity index (χ3v) is 9.24. The first-order valence-electron chi connectivity index (χ1n) is 13.5. The molecule has 208 valence electrons. The van der Waals surface area contributed by atoms with Crippen LogP contribution in [0.15, 0.2) is 48.5 Å². The molecule has 3 aliphatic rings. The van der Waals surface area contributed by atoms with E-state index in [2.05, 4.69) is 5.32 Å². The van der Waals surface area contributed by atoms with Crippen molar-refractivity contribution < 1.29 is 29.0 Å². The number of aryl methyl sites for hydroxylation is 1. The molecule has 0 aliphatic carbocycles. The topological polar surface area (TPSA) is 105 Å². The molecule has 0 aromatic heterocycles. The second-order valence-corrected chi connectivity index (χ2v) is 11.6. The highest BCUT2D eigenvalue weighted by Gasteiger charge is 2.80. The van der Waals surface area contributed by atoms with Gasteiger partial charge in [-0.1, -0.05) is 61.0 Å². The van der Waals surface area contributed by atoms with Gasteiger partial charge in [-0.25, -0.2) is 0 Å². The van der Waals surface area contributed by atoms with Crippen LogP contribution in [0.5, 0.6) is 0 Å². The lowest BCUT2D eigenvalue weighted by atomic mass is 9.62. The van der Waals surface area contributed by atoms with Gasteiger partial charge in [-0.05, 0) is 56.7 Å². The Balaban J connectivity index is 1.61. The van der Waals surface area contributed by atoms with Gasteiger partial charge in [0.05, 0.1) is 41.5 Å². The predicted octanol–water partition coefficient (Wildman–Crippen LogP) is 3.76. The van der Waals surface area contributed by atoms with Crippen molar-refractivity contribution in [2.45, 2.75) is 63.8 Å². The van der Waals surface area contributed by atoms with Crippen molar-refractivity contribution in [2.75, 3.05) is 18.5 Å². The molecule has 5 rings (SSSR count). The van der Waals surface area contributed by atoms with Gasteiger partial charge in [0, 0.05) is 0 Å². The van der Waals surface area contributed by atoms with Crippen molar-refractivity contribution >= 4 is 35.1 Å². The van der Waals surface area contributed by atoms with E-state index in [9.17, 15) is 19.5 Å². The number of likely N-dealkylation sites (tertiary alicyclic amines) is 1. The number of aliphatic hydroxyl groups is 1. The van der Waals surface area contributed by atoms with Gasteiger partial charge in [0.1, 0.15) is 17.6 Å². The number of hydrogen-bond donors (Lipinski definition) is 2. The summed E-state index contributed by atoms with van der Waals surface area (Å²) in [6.45, 7) is 7.18. The number of benzene rings is 2. The molecule has 8 nitrogen and oxygen atoms in total. The summed E-state index contributed by atoms with van der Waals surface area (Å²) in [5.41, 5.74) is -0.0936. The minimum Gasteiger partial charge on any atom is -0.466 e. The average molecular weight is 555 g/mol. The SMILES string of the molecule is CCOC(=O)[C@H]1[C@H]2C(=O)N([C@@H](CO)Cc3ccccc3)C(C(=O)Nc3c(C)cccc3Cl)C23CC(C)[C@]1(C)O3. The van der Waals surface area contributed by atoms with Crippen LogP contribution in [0.4, 0.5) is 5.69 Å². The van der Waals surface area contributed by atoms with Crippen molar-refractivity contribution in [1.29, 1.82) is 0 Å². The highest BCUT2D eigenvalue weighted by molar-refractivity contribution is 6.34. The van der Waals surface area contributed by atoms with Crippen LogP contribution < -0.4 is 5.32 Å². The molecule has 3 heterocycles. The van der Waals surface area contributed by atoms with Crippen molar-refractivity contribution in [3.63, 3.8) is 0 Å². The normalized spacial score (nSPS) is 31.7. The summed E-state index contributed by atoms with van der Waals surface area (Å²) in [5.74, 6) is -3.24. The Morgan fingerprint density at radius 1 is 1.23 bits per heavy atom. The van der Waals surface area contributed by atoms with Crippen LogP contribution in [0.3, 0.4) is 0 Å². The number of esters is 1. The molecule has 2 aromatic rings. The summed E-state index contributed by atoms with van der Waals surface area (Å²) in [5, 5.41) is 13.9. The molecule has 3 saturated heterocycles. The fourth-order valence-corrected chi connectivity index (χ4v) is 7.35. The molecule has 3 unspecified atom stereocenters. The Bertz CT molecular complexity index is 1270. The van der Waals surface area contributed by atoms with Gasteiger partial charge in [0.15, 0.2) is 0 Å². The van der Waals surface area contributed by atoms with Crippen LogP contribution in [-0.4, -0.2) is 64.3 Å². The number of amides is 2. The minimum absolute atomic E-state index is 0.116. The highest BCUT2D eigenvalue weighted by atomic mass is 35.5. The van der Waals surface area contributed by atoms with Crippen LogP contribution in [0.25, 0.3) is 0 Å². The molecule has 1 spiro atoms. The van der Waals surface area contributed by atoms with Gasteiger partial charge in [0.2, 0.25) is 11.8 Å². The minimum atomic E-state index is -1.26. The number of anilines is 1. The van der Waals surface area contributed by atoms with E-state index in [0.717, 1.165) is 11.1 Å². The maximum absolute atomic E-state index is 14.4. The number of para-hydroxylation sites is 1. The lowest BCUT2D eigenvalue weighted by Crippen LogP contribution is -2.57.